The number of hydrogen-bond acceptors (Lipinski definition) is 4. The van der Waals surface area contributed by atoms with Crippen LogP contribution < -0.4 is 4.90 Å². The Hall–Kier alpha value is -2.46. The number of benzene rings is 2. The molecule has 3 aromatic rings. The largest absolute Gasteiger partial charge is 0.353 e. The molecule has 4 nitrogen and oxygen atoms in total. The second kappa shape index (κ2) is 6.81. The molecule has 0 unspecified atom stereocenters. The predicted octanol–water partition coefficient (Wildman–Crippen LogP) is 3.57. The van der Waals surface area contributed by atoms with E-state index in [4.69, 9.17) is 0 Å². The van der Waals surface area contributed by atoms with Gasteiger partial charge in [-0.15, -0.1) is 0 Å². The van der Waals surface area contributed by atoms with Gasteiger partial charge in [-0.05, 0) is 31.5 Å². The van der Waals surface area contributed by atoms with Crippen LogP contribution in [-0.2, 0) is 6.54 Å². The first-order valence-corrected chi connectivity index (χ1v) is 8.93. The zero-order chi connectivity index (χ0) is 17.2. The SMILES string of the molecule is Cc1cccc(CN2CCN(c3ncnc4ccc(C)cc34)CC2)c1. The van der Waals surface area contributed by atoms with Gasteiger partial charge in [0.25, 0.3) is 0 Å². The van der Waals surface area contributed by atoms with Crippen molar-refractivity contribution in [1.29, 1.82) is 0 Å². The molecule has 25 heavy (non-hydrogen) atoms. The average Bonchev–Trinajstić information content (AvgIpc) is 2.62. The molecule has 0 aliphatic carbocycles. The molecule has 1 aliphatic heterocycles. The number of piperazine rings is 1. The minimum Gasteiger partial charge on any atom is -0.353 e. The summed E-state index contributed by atoms with van der Waals surface area (Å²) < 4.78 is 0. The van der Waals surface area contributed by atoms with Gasteiger partial charge in [-0.2, -0.15) is 0 Å². The van der Waals surface area contributed by atoms with Crippen molar-refractivity contribution in [2.75, 3.05) is 31.1 Å². The van der Waals surface area contributed by atoms with E-state index in [0.717, 1.165) is 49.4 Å². The molecule has 2 aromatic carbocycles. The van der Waals surface area contributed by atoms with Crippen LogP contribution in [-0.4, -0.2) is 41.0 Å². The molecule has 0 N–H and O–H groups in total. The molecule has 2 heterocycles. The lowest BCUT2D eigenvalue weighted by atomic mass is 10.1. The molecule has 0 amide bonds. The van der Waals surface area contributed by atoms with E-state index in [1.54, 1.807) is 6.33 Å². The van der Waals surface area contributed by atoms with Crippen LogP contribution in [0.1, 0.15) is 16.7 Å². The van der Waals surface area contributed by atoms with Gasteiger partial charge in [-0.25, -0.2) is 9.97 Å². The first-order valence-electron chi connectivity index (χ1n) is 8.93. The lowest BCUT2D eigenvalue weighted by Gasteiger charge is -2.35. The number of fused-ring (bicyclic) bond motifs is 1. The smallest absolute Gasteiger partial charge is 0.139 e. The first kappa shape index (κ1) is 16.0. The van der Waals surface area contributed by atoms with Gasteiger partial charge in [-0.1, -0.05) is 41.5 Å². The standard InChI is InChI=1S/C21H24N4/c1-16-4-3-5-18(12-16)14-24-8-10-25(11-9-24)21-19-13-17(2)6-7-20(19)22-15-23-21/h3-7,12-13,15H,8-11,14H2,1-2H3. The van der Waals surface area contributed by atoms with Gasteiger partial charge in [0.15, 0.2) is 0 Å². The van der Waals surface area contributed by atoms with Gasteiger partial charge in [-0.3, -0.25) is 4.90 Å². The lowest BCUT2D eigenvalue weighted by molar-refractivity contribution is 0.249. The van der Waals surface area contributed by atoms with Crippen LogP contribution in [0.25, 0.3) is 10.9 Å². The summed E-state index contributed by atoms with van der Waals surface area (Å²) in [6.07, 6.45) is 1.69. The maximum atomic E-state index is 4.59. The minimum atomic E-state index is 1.01. The average molecular weight is 332 g/mol. The van der Waals surface area contributed by atoms with Crippen LogP contribution >= 0.6 is 0 Å². The summed E-state index contributed by atoms with van der Waals surface area (Å²) in [6.45, 7) is 9.44. The second-order valence-electron chi connectivity index (χ2n) is 6.97. The van der Waals surface area contributed by atoms with Crippen molar-refractivity contribution >= 4 is 16.7 Å². The summed E-state index contributed by atoms with van der Waals surface area (Å²) in [5, 5.41) is 1.16. The van der Waals surface area contributed by atoms with Crippen molar-refractivity contribution in [1.82, 2.24) is 14.9 Å². The van der Waals surface area contributed by atoms with Crippen LogP contribution in [0, 0.1) is 13.8 Å². The highest BCUT2D eigenvalue weighted by atomic mass is 15.3. The highest BCUT2D eigenvalue weighted by Gasteiger charge is 2.20. The number of hydrogen-bond donors (Lipinski definition) is 0. The number of aromatic nitrogens is 2. The third kappa shape index (κ3) is 3.49. The quantitative estimate of drug-likeness (QED) is 0.734. The molecule has 4 heteroatoms. The number of aryl methyl sites for hydroxylation is 2. The van der Waals surface area contributed by atoms with Gasteiger partial charge in [0.05, 0.1) is 5.52 Å². The zero-order valence-corrected chi connectivity index (χ0v) is 14.9. The fourth-order valence-electron chi connectivity index (χ4n) is 3.60. The van der Waals surface area contributed by atoms with Crippen LogP contribution in [0.5, 0.6) is 0 Å². The Morgan fingerprint density at radius 1 is 0.880 bits per heavy atom. The Bertz CT molecular complexity index is 882. The molecular weight excluding hydrogens is 308 g/mol. The van der Waals surface area contributed by atoms with E-state index in [1.165, 1.54) is 16.7 Å². The zero-order valence-electron chi connectivity index (χ0n) is 14.9. The third-order valence-electron chi connectivity index (χ3n) is 4.93. The van der Waals surface area contributed by atoms with Crippen molar-refractivity contribution in [3.8, 4) is 0 Å². The highest BCUT2D eigenvalue weighted by Crippen LogP contribution is 2.25. The molecule has 4 rings (SSSR count). The van der Waals surface area contributed by atoms with Gasteiger partial charge in [0, 0.05) is 38.1 Å². The number of nitrogens with zero attached hydrogens (tertiary/aromatic N) is 4. The molecule has 0 bridgehead atoms. The fourth-order valence-corrected chi connectivity index (χ4v) is 3.60. The summed E-state index contributed by atoms with van der Waals surface area (Å²) in [6, 6.07) is 15.2. The van der Waals surface area contributed by atoms with Gasteiger partial charge in [0.1, 0.15) is 12.1 Å². The van der Waals surface area contributed by atoms with Crippen LogP contribution in [0.3, 0.4) is 0 Å². The minimum absolute atomic E-state index is 1.01. The lowest BCUT2D eigenvalue weighted by Crippen LogP contribution is -2.46. The van der Waals surface area contributed by atoms with E-state index in [2.05, 4.69) is 76.1 Å². The number of anilines is 1. The Kier molecular flexibility index (Phi) is 4.36. The number of rotatable bonds is 3. The normalized spacial score (nSPS) is 15.7. The monoisotopic (exact) mass is 332 g/mol. The molecule has 0 spiro atoms. The first-order chi connectivity index (χ1) is 12.2. The Morgan fingerprint density at radius 3 is 2.48 bits per heavy atom. The van der Waals surface area contributed by atoms with Crippen molar-refractivity contribution < 1.29 is 0 Å². The van der Waals surface area contributed by atoms with E-state index in [9.17, 15) is 0 Å². The summed E-state index contributed by atoms with van der Waals surface area (Å²) in [5.41, 5.74) is 5.01. The van der Waals surface area contributed by atoms with Crippen LogP contribution in [0.4, 0.5) is 5.82 Å². The molecule has 0 saturated carbocycles. The van der Waals surface area contributed by atoms with E-state index < -0.39 is 0 Å². The van der Waals surface area contributed by atoms with Crippen LogP contribution in [0.15, 0.2) is 48.8 Å². The molecule has 1 saturated heterocycles. The van der Waals surface area contributed by atoms with Crippen molar-refractivity contribution in [3.05, 3.63) is 65.5 Å². The molecule has 128 valence electrons. The second-order valence-corrected chi connectivity index (χ2v) is 6.97. The molecule has 1 aromatic heterocycles. The summed E-state index contributed by atoms with van der Waals surface area (Å²) in [7, 11) is 0. The van der Waals surface area contributed by atoms with E-state index in [1.807, 2.05) is 0 Å². The van der Waals surface area contributed by atoms with Crippen molar-refractivity contribution in [2.24, 2.45) is 0 Å². The topological polar surface area (TPSA) is 32.3 Å². The summed E-state index contributed by atoms with van der Waals surface area (Å²) in [4.78, 5) is 13.9. The summed E-state index contributed by atoms with van der Waals surface area (Å²) >= 11 is 0. The van der Waals surface area contributed by atoms with Gasteiger partial charge >= 0.3 is 0 Å². The van der Waals surface area contributed by atoms with Crippen LogP contribution in [0.2, 0.25) is 0 Å². The molecule has 0 atom stereocenters. The summed E-state index contributed by atoms with van der Waals surface area (Å²) in [5.74, 6) is 1.07. The Morgan fingerprint density at radius 2 is 1.68 bits per heavy atom. The maximum absolute atomic E-state index is 4.59. The fraction of sp³-hybridized carbons (Fsp3) is 0.333. The van der Waals surface area contributed by atoms with Gasteiger partial charge < -0.3 is 4.90 Å². The molecule has 0 radical (unpaired) electrons. The van der Waals surface area contributed by atoms with E-state index in [-0.39, 0.29) is 0 Å². The molecular formula is C21H24N4. The highest BCUT2D eigenvalue weighted by molar-refractivity contribution is 5.89. The predicted molar refractivity (Wildman–Crippen MR) is 103 cm³/mol. The maximum Gasteiger partial charge on any atom is 0.139 e. The molecule has 1 fully saturated rings. The van der Waals surface area contributed by atoms with E-state index in [0.29, 0.717) is 0 Å². The van der Waals surface area contributed by atoms with Crippen molar-refractivity contribution in [3.63, 3.8) is 0 Å². The third-order valence-corrected chi connectivity index (χ3v) is 4.93. The Balaban J connectivity index is 1.48. The molecule has 1 aliphatic rings. The Labute approximate surface area is 149 Å². The van der Waals surface area contributed by atoms with E-state index >= 15 is 0 Å². The van der Waals surface area contributed by atoms with Crippen molar-refractivity contribution in [2.45, 2.75) is 20.4 Å². The van der Waals surface area contributed by atoms with Gasteiger partial charge in [0.2, 0.25) is 0 Å².